The van der Waals surface area contributed by atoms with E-state index in [2.05, 4.69) is 0 Å². The summed E-state index contributed by atoms with van der Waals surface area (Å²) in [5, 5.41) is 10.2. The summed E-state index contributed by atoms with van der Waals surface area (Å²) in [4.78, 5) is 10.4. The minimum absolute atomic E-state index is 0.388. The molecule has 0 aliphatic carbocycles. The molecule has 1 aromatic carbocycles. The van der Waals surface area contributed by atoms with Crippen LogP contribution >= 0.6 is 11.6 Å². The van der Waals surface area contributed by atoms with Crippen LogP contribution in [0, 0.1) is 5.92 Å². The maximum atomic E-state index is 10.4. The lowest BCUT2D eigenvalue weighted by molar-refractivity contribution is -0.113. The fourth-order valence-corrected chi connectivity index (χ4v) is 1.16. The Kier molecular flexibility index (Phi) is 3.46. The number of aliphatic hydroxyl groups excluding tert-OH is 1. The molecule has 0 bridgehead atoms. The van der Waals surface area contributed by atoms with Crippen molar-refractivity contribution in [3.8, 4) is 0 Å². The van der Waals surface area contributed by atoms with Crippen LogP contribution in [-0.2, 0) is 4.79 Å². The number of carbonyl (C=O) groups excluding carboxylic acids is 1. The zero-order chi connectivity index (χ0) is 9.84. The van der Waals surface area contributed by atoms with E-state index in [1.807, 2.05) is 0 Å². The lowest BCUT2D eigenvalue weighted by atomic mass is 9.99. The summed E-state index contributed by atoms with van der Waals surface area (Å²) in [6.45, 7) is 1.67. The quantitative estimate of drug-likeness (QED) is 0.757. The van der Waals surface area contributed by atoms with Gasteiger partial charge in [-0.25, -0.2) is 0 Å². The zero-order valence-corrected chi connectivity index (χ0v) is 8.03. The second-order valence-electron chi connectivity index (χ2n) is 2.99. The molecule has 0 unspecified atom stereocenters. The Balaban J connectivity index is 2.82. The fraction of sp³-hybridized carbons (Fsp3) is 0.300. The summed E-state index contributed by atoms with van der Waals surface area (Å²) in [5.41, 5.74) is 0.712. The summed E-state index contributed by atoms with van der Waals surface area (Å²) >= 11 is 5.68. The average Bonchev–Trinajstić information content (AvgIpc) is 2.17. The van der Waals surface area contributed by atoms with Crippen molar-refractivity contribution >= 4 is 17.9 Å². The first kappa shape index (κ1) is 10.2. The molecule has 0 aromatic heterocycles. The molecule has 0 aliphatic heterocycles. The van der Waals surface area contributed by atoms with Crippen LogP contribution in [-0.4, -0.2) is 11.4 Å². The Bertz CT molecular complexity index is 281. The third-order valence-corrected chi connectivity index (χ3v) is 2.18. The van der Waals surface area contributed by atoms with Crippen molar-refractivity contribution in [2.45, 2.75) is 13.0 Å². The summed E-state index contributed by atoms with van der Waals surface area (Å²) in [6, 6.07) is 6.81. The number of aliphatic hydroxyl groups is 1. The highest BCUT2D eigenvalue weighted by atomic mass is 35.5. The molecule has 2 atom stereocenters. The minimum Gasteiger partial charge on any atom is -0.388 e. The van der Waals surface area contributed by atoms with E-state index < -0.39 is 6.10 Å². The molecule has 1 N–H and O–H groups in total. The van der Waals surface area contributed by atoms with E-state index >= 15 is 0 Å². The molecule has 1 rings (SSSR count). The van der Waals surface area contributed by atoms with E-state index in [9.17, 15) is 9.90 Å². The number of benzene rings is 1. The van der Waals surface area contributed by atoms with Gasteiger partial charge in [0.25, 0.3) is 0 Å². The van der Waals surface area contributed by atoms with Crippen LogP contribution in [0.4, 0.5) is 0 Å². The maximum Gasteiger partial charge on any atom is 0.125 e. The van der Waals surface area contributed by atoms with Crippen molar-refractivity contribution in [1.29, 1.82) is 0 Å². The van der Waals surface area contributed by atoms with Gasteiger partial charge in [-0.05, 0) is 17.7 Å². The van der Waals surface area contributed by atoms with Crippen molar-refractivity contribution in [2.75, 3.05) is 0 Å². The molecular formula is C10H11ClO2. The maximum absolute atomic E-state index is 10.4. The molecule has 0 aliphatic rings. The Morgan fingerprint density at radius 3 is 2.38 bits per heavy atom. The van der Waals surface area contributed by atoms with E-state index in [0.717, 1.165) is 6.29 Å². The molecule has 0 amide bonds. The van der Waals surface area contributed by atoms with E-state index in [1.54, 1.807) is 31.2 Å². The number of aldehydes is 1. The topological polar surface area (TPSA) is 37.3 Å². The molecule has 0 fully saturated rings. The Labute approximate surface area is 82.2 Å². The van der Waals surface area contributed by atoms with E-state index in [4.69, 9.17) is 11.6 Å². The van der Waals surface area contributed by atoms with Crippen LogP contribution in [0.25, 0.3) is 0 Å². The number of carbonyl (C=O) groups is 1. The molecular weight excluding hydrogens is 188 g/mol. The van der Waals surface area contributed by atoms with Crippen molar-refractivity contribution in [3.63, 3.8) is 0 Å². The van der Waals surface area contributed by atoms with Crippen LogP contribution in [0.2, 0.25) is 5.02 Å². The lowest BCUT2D eigenvalue weighted by Crippen LogP contribution is -2.09. The molecule has 70 valence electrons. The van der Waals surface area contributed by atoms with E-state index in [0.29, 0.717) is 10.6 Å². The van der Waals surface area contributed by atoms with Crippen molar-refractivity contribution in [3.05, 3.63) is 34.9 Å². The standard InChI is InChI=1S/C10H11ClO2/c1-7(6-12)10(13)8-2-4-9(11)5-3-8/h2-7,10,13H,1H3/t7-,10-/m0/s1. The van der Waals surface area contributed by atoms with Crippen LogP contribution in [0.1, 0.15) is 18.6 Å². The van der Waals surface area contributed by atoms with Crippen molar-refractivity contribution in [2.24, 2.45) is 5.92 Å². The van der Waals surface area contributed by atoms with Gasteiger partial charge in [0, 0.05) is 10.9 Å². The fourth-order valence-electron chi connectivity index (χ4n) is 1.04. The van der Waals surface area contributed by atoms with Crippen molar-refractivity contribution in [1.82, 2.24) is 0 Å². The van der Waals surface area contributed by atoms with Crippen LogP contribution in [0.15, 0.2) is 24.3 Å². The van der Waals surface area contributed by atoms with E-state index in [-0.39, 0.29) is 5.92 Å². The number of hydrogen-bond acceptors (Lipinski definition) is 2. The first-order chi connectivity index (χ1) is 6.15. The van der Waals surface area contributed by atoms with Gasteiger partial charge in [0.2, 0.25) is 0 Å². The first-order valence-corrected chi connectivity index (χ1v) is 4.41. The van der Waals surface area contributed by atoms with Gasteiger partial charge >= 0.3 is 0 Å². The SMILES string of the molecule is C[C@@H](C=O)[C@H](O)c1ccc(Cl)cc1. The molecule has 0 saturated heterocycles. The molecule has 0 spiro atoms. The normalized spacial score (nSPS) is 15.0. The summed E-state index contributed by atoms with van der Waals surface area (Å²) in [7, 11) is 0. The largest absolute Gasteiger partial charge is 0.388 e. The third kappa shape index (κ3) is 2.54. The highest BCUT2D eigenvalue weighted by Gasteiger charge is 2.14. The Hall–Kier alpha value is -0.860. The van der Waals surface area contributed by atoms with Gasteiger partial charge < -0.3 is 9.90 Å². The molecule has 0 saturated carbocycles. The van der Waals surface area contributed by atoms with Gasteiger partial charge in [0.15, 0.2) is 0 Å². The predicted octanol–water partition coefficient (Wildman–Crippen LogP) is 2.21. The smallest absolute Gasteiger partial charge is 0.125 e. The van der Waals surface area contributed by atoms with Gasteiger partial charge in [-0.2, -0.15) is 0 Å². The highest BCUT2D eigenvalue weighted by Crippen LogP contribution is 2.21. The molecule has 2 nitrogen and oxygen atoms in total. The zero-order valence-electron chi connectivity index (χ0n) is 7.27. The molecule has 1 aromatic rings. The molecule has 0 radical (unpaired) electrons. The Morgan fingerprint density at radius 1 is 1.38 bits per heavy atom. The summed E-state index contributed by atoms with van der Waals surface area (Å²) < 4.78 is 0. The average molecular weight is 199 g/mol. The minimum atomic E-state index is -0.741. The van der Waals surface area contributed by atoms with Gasteiger partial charge in [-0.3, -0.25) is 0 Å². The third-order valence-electron chi connectivity index (χ3n) is 1.92. The van der Waals surface area contributed by atoms with Crippen LogP contribution in [0.3, 0.4) is 0 Å². The summed E-state index contributed by atoms with van der Waals surface area (Å²) in [5.74, 6) is -0.388. The predicted molar refractivity (Wildman–Crippen MR) is 51.6 cm³/mol. The molecule has 3 heteroatoms. The van der Waals surface area contributed by atoms with Gasteiger partial charge in [0.1, 0.15) is 6.29 Å². The number of hydrogen-bond donors (Lipinski definition) is 1. The second kappa shape index (κ2) is 4.40. The molecule has 0 heterocycles. The van der Waals surface area contributed by atoms with Crippen LogP contribution in [0.5, 0.6) is 0 Å². The number of halogens is 1. The van der Waals surface area contributed by atoms with Gasteiger partial charge in [-0.15, -0.1) is 0 Å². The lowest BCUT2D eigenvalue weighted by Gasteiger charge is -2.13. The number of rotatable bonds is 3. The van der Waals surface area contributed by atoms with Gasteiger partial charge in [-0.1, -0.05) is 30.7 Å². The van der Waals surface area contributed by atoms with E-state index in [1.165, 1.54) is 0 Å². The Morgan fingerprint density at radius 2 is 1.92 bits per heavy atom. The van der Waals surface area contributed by atoms with Crippen LogP contribution < -0.4 is 0 Å². The molecule has 13 heavy (non-hydrogen) atoms. The first-order valence-electron chi connectivity index (χ1n) is 4.04. The second-order valence-corrected chi connectivity index (χ2v) is 3.43. The summed E-state index contributed by atoms with van der Waals surface area (Å²) in [6.07, 6.45) is -0.00557. The van der Waals surface area contributed by atoms with Gasteiger partial charge in [0.05, 0.1) is 6.10 Å². The monoisotopic (exact) mass is 198 g/mol. The highest BCUT2D eigenvalue weighted by molar-refractivity contribution is 6.30. The van der Waals surface area contributed by atoms with Crippen molar-refractivity contribution < 1.29 is 9.90 Å².